The number of alkyl halides is 3. The summed E-state index contributed by atoms with van der Waals surface area (Å²) >= 11 is 1.32. The zero-order valence-corrected chi connectivity index (χ0v) is 24.8. The summed E-state index contributed by atoms with van der Waals surface area (Å²) in [4.78, 5) is 62.5. The number of aliphatic hydroxyl groups is 1. The van der Waals surface area contributed by atoms with E-state index in [1.807, 2.05) is 0 Å². The van der Waals surface area contributed by atoms with Gasteiger partial charge in [-0.05, 0) is 36.3 Å². The second-order valence-corrected chi connectivity index (χ2v) is 11.1. The summed E-state index contributed by atoms with van der Waals surface area (Å²) in [6, 6.07) is 3.25. The first-order valence-corrected chi connectivity index (χ1v) is 14.7. The maximum atomic E-state index is 13.5. The van der Waals surface area contributed by atoms with Gasteiger partial charge in [0.2, 0.25) is 29.5 Å². The summed E-state index contributed by atoms with van der Waals surface area (Å²) in [5.41, 5.74) is 5.71. The fraction of sp³-hybridized carbons (Fsp3) is 0.593. The topological polar surface area (TPSA) is 180 Å². The molecule has 1 rings (SSSR count). The van der Waals surface area contributed by atoms with Crippen LogP contribution in [0.4, 0.5) is 13.2 Å². The molecule has 0 saturated heterocycles. The van der Waals surface area contributed by atoms with Gasteiger partial charge in [0.1, 0.15) is 18.1 Å². The Morgan fingerprint density at radius 3 is 1.98 bits per heavy atom. The molecule has 0 fully saturated rings. The number of carbonyl (C=O) groups excluding carboxylic acids is 5. The number of nitrogens with two attached hydrogens (primary N) is 1. The average Bonchev–Trinajstić information content (AvgIpc) is 2.90. The van der Waals surface area contributed by atoms with Gasteiger partial charge in [0.25, 0.3) is 0 Å². The Labute approximate surface area is 247 Å². The van der Waals surface area contributed by atoms with Gasteiger partial charge in [0.05, 0.1) is 6.04 Å². The molecule has 0 saturated carbocycles. The molecule has 0 heterocycles. The molecule has 7 N–H and O–H groups in total. The first-order chi connectivity index (χ1) is 19.6. The predicted octanol–water partition coefficient (Wildman–Crippen LogP) is 0.786. The van der Waals surface area contributed by atoms with Gasteiger partial charge in [-0.1, -0.05) is 44.2 Å². The third-order valence-corrected chi connectivity index (χ3v) is 6.86. The third kappa shape index (κ3) is 13.1. The Morgan fingerprint density at radius 2 is 1.48 bits per heavy atom. The molecule has 0 radical (unpaired) electrons. The molecule has 42 heavy (non-hydrogen) atoms. The molecule has 0 spiro atoms. The monoisotopic (exact) mass is 619 g/mol. The zero-order valence-electron chi connectivity index (χ0n) is 24.0. The fourth-order valence-corrected chi connectivity index (χ4v) is 4.44. The van der Waals surface area contributed by atoms with E-state index in [0.717, 1.165) is 0 Å². The van der Waals surface area contributed by atoms with Crippen molar-refractivity contribution < 1.29 is 42.3 Å². The van der Waals surface area contributed by atoms with Crippen LogP contribution in [0.15, 0.2) is 30.3 Å². The highest BCUT2D eigenvalue weighted by Crippen LogP contribution is 2.24. The zero-order chi connectivity index (χ0) is 32.0. The van der Waals surface area contributed by atoms with Crippen LogP contribution in [0.3, 0.4) is 0 Å². The van der Waals surface area contributed by atoms with Crippen molar-refractivity contribution in [1.29, 1.82) is 0 Å². The van der Waals surface area contributed by atoms with E-state index in [-0.39, 0.29) is 18.8 Å². The lowest BCUT2D eigenvalue weighted by Crippen LogP contribution is -2.59. The standard InChI is InChI=1S/C27H40F3N5O6S/c1-15(2)22(32-16(3)36)26(41)35-20(14-17-8-6-5-7-9-17)25(40)34-19(12-13-42-4)24(39)33-18(10-11-21(31)37)23(38)27(28,29)30/h5-9,15,18-20,22-23,38H,10-14H2,1-4H3,(H2,31,37)(H,32,36)(H,33,39)(H,34,40)(H,35,41)/t18?,19-,20-,22-,23?/m0/s1. The smallest absolute Gasteiger partial charge is 0.382 e. The molecule has 5 atom stereocenters. The summed E-state index contributed by atoms with van der Waals surface area (Å²) in [6.45, 7) is 4.66. The van der Waals surface area contributed by atoms with Crippen LogP contribution in [-0.2, 0) is 30.4 Å². The van der Waals surface area contributed by atoms with Crippen LogP contribution >= 0.6 is 11.8 Å². The molecule has 2 unspecified atom stereocenters. The number of hydrogen-bond acceptors (Lipinski definition) is 7. The number of halogens is 3. The van der Waals surface area contributed by atoms with Crippen LogP contribution < -0.4 is 27.0 Å². The number of amides is 5. The van der Waals surface area contributed by atoms with Crippen LogP contribution in [0.2, 0.25) is 0 Å². The third-order valence-electron chi connectivity index (χ3n) is 6.21. The number of thioether (sulfide) groups is 1. The number of rotatable bonds is 17. The Bertz CT molecular complexity index is 1060. The maximum Gasteiger partial charge on any atom is 0.416 e. The number of hydrogen-bond donors (Lipinski definition) is 6. The lowest BCUT2D eigenvalue weighted by Gasteiger charge is -2.29. The van der Waals surface area contributed by atoms with Crippen molar-refractivity contribution >= 4 is 41.3 Å². The van der Waals surface area contributed by atoms with E-state index in [4.69, 9.17) is 5.73 Å². The maximum absolute atomic E-state index is 13.5. The van der Waals surface area contributed by atoms with Gasteiger partial charge in [-0.2, -0.15) is 24.9 Å². The van der Waals surface area contributed by atoms with E-state index in [2.05, 4.69) is 21.3 Å². The van der Waals surface area contributed by atoms with Crippen LogP contribution in [-0.4, -0.2) is 83.1 Å². The minimum atomic E-state index is -5.10. The Kier molecular flexibility index (Phi) is 15.4. The highest BCUT2D eigenvalue weighted by atomic mass is 32.2. The first kappa shape index (κ1) is 36.7. The Hall–Kier alpha value is -3.33. The minimum absolute atomic E-state index is 0.00813. The number of aliphatic hydroxyl groups excluding tert-OH is 1. The summed E-state index contributed by atoms with van der Waals surface area (Å²) in [7, 11) is 0. The Morgan fingerprint density at radius 1 is 0.905 bits per heavy atom. The van der Waals surface area contributed by atoms with Gasteiger partial charge in [0.15, 0.2) is 6.10 Å². The van der Waals surface area contributed by atoms with E-state index < -0.39 is 78.8 Å². The average molecular weight is 620 g/mol. The summed E-state index contributed by atoms with van der Waals surface area (Å²) in [5, 5.41) is 19.6. The fourth-order valence-electron chi connectivity index (χ4n) is 3.97. The molecule has 5 amide bonds. The van der Waals surface area contributed by atoms with Crippen molar-refractivity contribution in [2.75, 3.05) is 12.0 Å². The number of benzene rings is 1. The second-order valence-electron chi connectivity index (χ2n) is 10.1. The highest BCUT2D eigenvalue weighted by Gasteiger charge is 2.44. The quantitative estimate of drug-likeness (QED) is 0.149. The summed E-state index contributed by atoms with van der Waals surface area (Å²) < 4.78 is 39.8. The molecule has 1 aromatic carbocycles. The molecular weight excluding hydrogens is 579 g/mol. The molecular formula is C27H40F3N5O6S. The van der Waals surface area contributed by atoms with Crippen LogP contribution in [0.1, 0.15) is 45.6 Å². The molecule has 0 aliphatic rings. The number of nitrogens with one attached hydrogen (secondary N) is 4. The molecule has 0 bridgehead atoms. The molecule has 0 aliphatic carbocycles. The van der Waals surface area contributed by atoms with Crippen LogP contribution in [0.5, 0.6) is 0 Å². The van der Waals surface area contributed by atoms with Crippen LogP contribution in [0.25, 0.3) is 0 Å². The van der Waals surface area contributed by atoms with Gasteiger partial charge in [-0.15, -0.1) is 0 Å². The largest absolute Gasteiger partial charge is 0.416 e. The second kappa shape index (κ2) is 17.6. The van der Waals surface area contributed by atoms with Gasteiger partial charge < -0.3 is 32.1 Å². The first-order valence-electron chi connectivity index (χ1n) is 13.3. The van der Waals surface area contributed by atoms with E-state index in [1.54, 1.807) is 50.4 Å². The van der Waals surface area contributed by atoms with Crippen LogP contribution in [0, 0.1) is 5.92 Å². The molecule has 0 aliphatic heterocycles. The van der Waals surface area contributed by atoms with Gasteiger partial charge in [0, 0.05) is 19.8 Å². The minimum Gasteiger partial charge on any atom is -0.382 e. The lowest BCUT2D eigenvalue weighted by molar-refractivity contribution is -0.212. The van der Waals surface area contributed by atoms with Crippen molar-refractivity contribution in [3.05, 3.63) is 35.9 Å². The SMILES string of the molecule is CSCC[C@H](NC(=O)[C@H](Cc1ccccc1)NC(=O)[C@@H](NC(C)=O)C(C)C)C(=O)NC(CCC(N)=O)C(O)C(F)(F)F. The van der Waals surface area contributed by atoms with E-state index in [0.29, 0.717) is 11.3 Å². The predicted molar refractivity (Wildman–Crippen MR) is 152 cm³/mol. The number of carbonyl (C=O) groups is 5. The van der Waals surface area contributed by atoms with Crippen molar-refractivity contribution in [3.63, 3.8) is 0 Å². The Balaban J connectivity index is 3.25. The molecule has 15 heteroatoms. The van der Waals surface area contributed by atoms with E-state index in [1.165, 1.54) is 18.7 Å². The highest BCUT2D eigenvalue weighted by molar-refractivity contribution is 7.98. The summed E-state index contributed by atoms with van der Waals surface area (Å²) in [5.74, 6) is -3.81. The van der Waals surface area contributed by atoms with Crippen molar-refractivity contribution in [1.82, 2.24) is 21.3 Å². The van der Waals surface area contributed by atoms with E-state index in [9.17, 15) is 42.3 Å². The van der Waals surface area contributed by atoms with Gasteiger partial charge in [-0.25, -0.2) is 0 Å². The molecule has 0 aromatic heterocycles. The van der Waals surface area contributed by atoms with Crippen molar-refractivity contribution in [3.8, 4) is 0 Å². The lowest BCUT2D eigenvalue weighted by atomic mass is 10.0. The van der Waals surface area contributed by atoms with Gasteiger partial charge in [-0.3, -0.25) is 24.0 Å². The van der Waals surface area contributed by atoms with Crippen molar-refractivity contribution in [2.45, 2.75) is 82.9 Å². The van der Waals surface area contributed by atoms with Crippen molar-refractivity contribution in [2.24, 2.45) is 11.7 Å². The van der Waals surface area contributed by atoms with E-state index >= 15 is 0 Å². The normalized spacial score (nSPS) is 15.1. The molecule has 11 nitrogen and oxygen atoms in total. The summed E-state index contributed by atoms with van der Waals surface area (Å²) in [6.07, 6.45) is -7.45. The van der Waals surface area contributed by atoms with Gasteiger partial charge >= 0.3 is 6.18 Å². The number of primary amides is 1. The molecule has 1 aromatic rings. The molecule has 236 valence electrons.